The summed E-state index contributed by atoms with van der Waals surface area (Å²) in [6.07, 6.45) is 1.35. The SMILES string of the molecule is CCCC[C@]12c3ccccc3[C@H](c3ccccc31)C(OC(=O)c1ccccc1)C2OC(=O)c1ccccc1. The first kappa shape index (κ1) is 24.2. The van der Waals surface area contributed by atoms with Gasteiger partial charge >= 0.3 is 11.9 Å². The van der Waals surface area contributed by atoms with E-state index in [-0.39, 0.29) is 5.92 Å². The lowest BCUT2D eigenvalue weighted by Gasteiger charge is -2.56. The second kappa shape index (κ2) is 9.94. The van der Waals surface area contributed by atoms with Crippen molar-refractivity contribution in [3.8, 4) is 0 Å². The number of esters is 2. The van der Waals surface area contributed by atoms with Gasteiger partial charge in [-0.2, -0.15) is 0 Å². The van der Waals surface area contributed by atoms with Crippen molar-refractivity contribution in [2.24, 2.45) is 0 Å². The third-order valence-electron chi connectivity index (χ3n) is 8.09. The molecule has 2 unspecified atom stereocenters. The number of benzene rings is 4. The first-order chi connectivity index (χ1) is 18.6. The van der Waals surface area contributed by atoms with Crippen molar-refractivity contribution >= 4 is 11.9 Å². The van der Waals surface area contributed by atoms with Crippen molar-refractivity contribution < 1.29 is 19.1 Å². The first-order valence-corrected chi connectivity index (χ1v) is 13.4. The minimum absolute atomic E-state index is 0.243. The first-order valence-electron chi connectivity index (χ1n) is 13.4. The molecular weight excluding hydrogens is 472 g/mol. The van der Waals surface area contributed by atoms with Crippen LogP contribution in [0, 0.1) is 0 Å². The largest absolute Gasteiger partial charge is 0.454 e. The van der Waals surface area contributed by atoms with Gasteiger partial charge in [-0.1, -0.05) is 105 Å². The Bertz CT molecular complexity index is 1410. The number of carbonyl (C=O) groups excluding carboxylic acids is 2. The number of ether oxygens (including phenoxy) is 2. The van der Waals surface area contributed by atoms with Crippen LogP contribution in [0.25, 0.3) is 0 Å². The fourth-order valence-electron chi connectivity index (χ4n) is 6.47. The zero-order chi connectivity index (χ0) is 26.1. The molecule has 4 aromatic rings. The van der Waals surface area contributed by atoms with Crippen molar-refractivity contribution in [2.45, 2.75) is 49.7 Å². The highest BCUT2D eigenvalue weighted by molar-refractivity contribution is 5.91. The van der Waals surface area contributed by atoms with Crippen LogP contribution in [0.5, 0.6) is 0 Å². The van der Waals surface area contributed by atoms with Gasteiger partial charge in [0.15, 0.2) is 12.2 Å². The topological polar surface area (TPSA) is 52.6 Å². The summed E-state index contributed by atoms with van der Waals surface area (Å²) >= 11 is 0. The van der Waals surface area contributed by atoms with E-state index in [4.69, 9.17) is 9.47 Å². The molecule has 2 atom stereocenters. The zero-order valence-corrected chi connectivity index (χ0v) is 21.4. The summed E-state index contributed by atoms with van der Waals surface area (Å²) in [6, 6.07) is 34.8. The summed E-state index contributed by atoms with van der Waals surface area (Å²) in [5, 5.41) is 0. The number of hydrogen-bond acceptors (Lipinski definition) is 4. The van der Waals surface area contributed by atoms with Gasteiger partial charge in [0.2, 0.25) is 0 Å². The Labute approximate surface area is 223 Å². The Hall–Kier alpha value is -4.18. The molecule has 0 N–H and O–H groups in total. The number of carbonyl (C=O) groups is 2. The Kier molecular flexibility index (Phi) is 6.32. The van der Waals surface area contributed by atoms with Gasteiger partial charge in [0.1, 0.15) is 0 Å². The van der Waals surface area contributed by atoms with Crippen LogP contribution in [0.15, 0.2) is 109 Å². The van der Waals surface area contributed by atoms with Gasteiger partial charge in [0.25, 0.3) is 0 Å². The third kappa shape index (κ3) is 3.83. The van der Waals surface area contributed by atoms with Gasteiger partial charge in [-0.3, -0.25) is 0 Å². The molecule has 38 heavy (non-hydrogen) atoms. The van der Waals surface area contributed by atoms with Gasteiger partial charge < -0.3 is 9.47 Å². The summed E-state index contributed by atoms with van der Waals surface area (Å²) < 4.78 is 12.8. The second-order valence-corrected chi connectivity index (χ2v) is 10.2. The van der Waals surface area contributed by atoms with E-state index in [1.807, 2.05) is 48.5 Å². The van der Waals surface area contributed by atoms with E-state index in [1.54, 1.807) is 24.3 Å². The molecule has 190 valence electrons. The fraction of sp³-hybridized carbons (Fsp3) is 0.235. The van der Waals surface area contributed by atoms with Crippen molar-refractivity contribution in [1.29, 1.82) is 0 Å². The zero-order valence-electron chi connectivity index (χ0n) is 21.4. The van der Waals surface area contributed by atoms with E-state index in [0.29, 0.717) is 11.1 Å². The molecule has 2 bridgehead atoms. The van der Waals surface area contributed by atoms with Crippen LogP contribution < -0.4 is 0 Å². The predicted octanol–water partition coefficient (Wildman–Crippen LogP) is 7.07. The molecule has 0 saturated heterocycles. The minimum Gasteiger partial charge on any atom is -0.454 e. The molecule has 0 aromatic heterocycles. The maximum atomic E-state index is 13.6. The number of fused-ring (bicyclic) bond motifs is 1. The van der Waals surface area contributed by atoms with Gasteiger partial charge in [0, 0.05) is 0 Å². The Morgan fingerprint density at radius 3 is 1.66 bits per heavy atom. The summed E-state index contributed by atoms with van der Waals surface area (Å²) in [5.74, 6) is -1.06. The van der Waals surface area contributed by atoms with Crippen LogP contribution in [0.1, 0.15) is 75.1 Å². The van der Waals surface area contributed by atoms with Crippen LogP contribution in [0.4, 0.5) is 0 Å². The summed E-state index contributed by atoms with van der Waals surface area (Å²) in [4.78, 5) is 27.0. The molecule has 0 aliphatic heterocycles. The molecule has 3 aliphatic carbocycles. The lowest BCUT2D eigenvalue weighted by Crippen LogP contribution is -2.61. The number of rotatable bonds is 7. The van der Waals surface area contributed by atoms with E-state index in [0.717, 1.165) is 41.5 Å². The molecule has 0 fully saturated rings. The number of hydrogen-bond donors (Lipinski definition) is 0. The maximum Gasteiger partial charge on any atom is 0.338 e. The summed E-state index contributed by atoms with van der Waals surface area (Å²) in [6.45, 7) is 2.17. The van der Waals surface area contributed by atoms with E-state index in [1.165, 1.54) is 0 Å². The Balaban J connectivity index is 1.54. The van der Waals surface area contributed by atoms with Crippen LogP contribution in [0.3, 0.4) is 0 Å². The van der Waals surface area contributed by atoms with Crippen LogP contribution >= 0.6 is 0 Å². The van der Waals surface area contributed by atoms with Crippen LogP contribution in [-0.2, 0) is 14.9 Å². The average molecular weight is 503 g/mol. The van der Waals surface area contributed by atoms with E-state index < -0.39 is 29.6 Å². The molecule has 3 aliphatic rings. The highest BCUT2D eigenvalue weighted by Crippen LogP contribution is 2.60. The second-order valence-electron chi connectivity index (χ2n) is 10.2. The van der Waals surface area contributed by atoms with E-state index in [2.05, 4.69) is 43.3 Å². The molecule has 7 rings (SSSR count). The Morgan fingerprint density at radius 2 is 1.13 bits per heavy atom. The Morgan fingerprint density at radius 1 is 0.658 bits per heavy atom. The predicted molar refractivity (Wildman–Crippen MR) is 146 cm³/mol. The van der Waals surface area contributed by atoms with E-state index >= 15 is 0 Å². The van der Waals surface area contributed by atoms with Crippen LogP contribution in [0.2, 0.25) is 0 Å². The summed E-state index contributed by atoms with van der Waals surface area (Å²) in [7, 11) is 0. The molecule has 0 spiro atoms. The quantitative estimate of drug-likeness (QED) is 0.254. The molecule has 0 amide bonds. The molecule has 0 saturated carbocycles. The molecule has 0 radical (unpaired) electrons. The van der Waals surface area contributed by atoms with Gasteiger partial charge in [-0.25, -0.2) is 9.59 Å². The molecule has 4 aromatic carbocycles. The summed E-state index contributed by atoms with van der Waals surface area (Å²) in [5.41, 5.74) is 4.93. The normalized spacial score (nSPS) is 22.7. The van der Waals surface area contributed by atoms with Crippen molar-refractivity contribution in [2.75, 3.05) is 0 Å². The molecule has 4 heteroatoms. The molecule has 0 heterocycles. The van der Waals surface area contributed by atoms with Gasteiger partial charge in [-0.05, 0) is 52.9 Å². The molecular formula is C34H30O4. The highest BCUT2D eigenvalue weighted by atomic mass is 16.6. The maximum absolute atomic E-state index is 13.6. The van der Waals surface area contributed by atoms with Crippen LogP contribution in [-0.4, -0.2) is 24.1 Å². The highest BCUT2D eigenvalue weighted by Gasteiger charge is 2.62. The lowest BCUT2D eigenvalue weighted by atomic mass is 9.51. The van der Waals surface area contributed by atoms with Gasteiger partial charge in [0.05, 0.1) is 22.5 Å². The third-order valence-corrected chi connectivity index (χ3v) is 8.09. The average Bonchev–Trinajstić information content (AvgIpc) is 2.98. The smallest absolute Gasteiger partial charge is 0.338 e. The minimum atomic E-state index is -0.677. The van der Waals surface area contributed by atoms with E-state index in [9.17, 15) is 9.59 Å². The van der Waals surface area contributed by atoms with Crippen molar-refractivity contribution in [3.63, 3.8) is 0 Å². The van der Waals surface area contributed by atoms with Crippen molar-refractivity contribution in [1.82, 2.24) is 0 Å². The lowest BCUT2D eigenvalue weighted by molar-refractivity contribution is -0.0784. The monoisotopic (exact) mass is 502 g/mol. The van der Waals surface area contributed by atoms with Gasteiger partial charge in [-0.15, -0.1) is 0 Å². The van der Waals surface area contributed by atoms with Crippen molar-refractivity contribution in [3.05, 3.63) is 143 Å². The fourth-order valence-corrected chi connectivity index (χ4v) is 6.47. The molecule has 4 nitrogen and oxygen atoms in total. The standard InChI is InChI=1S/C34H30O4/c1-2-3-22-34-27-20-12-10-18-25(27)29(26-19-11-13-21-28(26)34)30(37-32(35)23-14-6-4-7-15-23)31(34)38-33(36)24-16-8-5-9-17-24/h4-21,29-31H,2-3,22H2,1H3/t29-,30?,31?,34+. The number of unbranched alkanes of at least 4 members (excludes halogenated alkanes) is 1.